The van der Waals surface area contributed by atoms with E-state index in [9.17, 15) is 9.18 Å². The molecule has 3 rings (SSSR count). The van der Waals surface area contributed by atoms with Crippen molar-refractivity contribution in [1.29, 1.82) is 0 Å². The molecule has 0 saturated heterocycles. The van der Waals surface area contributed by atoms with Gasteiger partial charge in [0, 0.05) is 11.3 Å². The molecule has 0 radical (unpaired) electrons. The Labute approximate surface area is 138 Å². The molecule has 122 valence electrons. The molecule has 0 bridgehead atoms. The van der Waals surface area contributed by atoms with Crippen LogP contribution in [0.4, 0.5) is 10.1 Å². The van der Waals surface area contributed by atoms with E-state index in [1.165, 1.54) is 36.7 Å². The number of benzene rings is 1. The summed E-state index contributed by atoms with van der Waals surface area (Å²) in [5, 5.41) is 7.03. The van der Waals surface area contributed by atoms with Crippen LogP contribution in [0.3, 0.4) is 0 Å². The van der Waals surface area contributed by atoms with Gasteiger partial charge in [0.25, 0.3) is 11.9 Å². The second-order valence-electron chi connectivity index (χ2n) is 5.44. The number of carbonyl (C=O) groups excluding carboxylic acids is 1. The van der Waals surface area contributed by atoms with Crippen LogP contribution in [0.1, 0.15) is 27.3 Å². The predicted molar refractivity (Wildman–Crippen MR) is 87.7 cm³/mol. The number of rotatable bonds is 3. The molecule has 3 aromatic rings. The van der Waals surface area contributed by atoms with Crippen LogP contribution in [0.15, 0.2) is 36.7 Å². The quantitative estimate of drug-likeness (QED) is 0.803. The highest BCUT2D eigenvalue weighted by atomic mass is 19.1. The zero-order chi connectivity index (χ0) is 17.3. The summed E-state index contributed by atoms with van der Waals surface area (Å²) in [6, 6.07) is 5.47. The highest BCUT2D eigenvalue weighted by Gasteiger charge is 2.12. The summed E-state index contributed by atoms with van der Waals surface area (Å²) in [5.74, 6) is -0.464. The zero-order valence-corrected chi connectivity index (χ0v) is 13.5. The Bertz CT molecular complexity index is 902. The van der Waals surface area contributed by atoms with Crippen molar-refractivity contribution in [3.63, 3.8) is 0 Å². The molecule has 0 spiro atoms. The van der Waals surface area contributed by atoms with E-state index >= 15 is 0 Å². The lowest BCUT2D eigenvalue weighted by molar-refractivity contribution is 0.102. The Morgan fingerprint density at radius 3 is 2.46 bits per heavy atom. The molecule has 24 heavy (non-hydrogen) atoms. The Balaban J connectivity index is 1.80. The lowest BCUT2D eigenvalue weighted by Crippen LogP contribution is -2.13. The van der Waals surface area contributed by atoms with Crippen molar-refractivity contribution in [2.75, 3.05) is 5.32 Å². The summed E-state index contributed by atoms with van der Waals surface area (Å²) < 4.78 is 14.8. The largest absolute Gasteiger partial charge is 0.319 e. The molecule has 0 saturated carbocycles. The average molecular weight is 325 g/mol. The Hall–Kier alpha value is -3.09. The van der Waals surface area contributed by atoms with Gasteiger partial charge >= 0.3 is 0 Å². The maximum Gasteiger partial charge on any atom is 0.255 e. The topological polar surface area (TPSA) is 72.7 Å². The third-order valence-electron chi connectivity index (χ3n) is 3.83. The Kier molecular flexibility index (Phi) is 4.07. The predicted octanol–water partition coefficient (Wildman–Crippen LogP) is 2.98. The van der Waals surface area contributed by atoms with Gasteiger partial charge in [-0.15, -0.1) is 0 Å². The third-order valence-corrected chi connectivity index (χ3v) is 3.83. The summed E-state index contributed by atoms with van der Waals surface area (Å²) in [6.07, 6.45) is 2.98. The molecule has 0 aliphatic heterocycles. The molecule has 0 unspecified atom stereocenters. The molecule has 1 N–H and O–H groups in total. The number of hydrogen-bond donors (Lipinski definition) is 1. The van der Waals surface area contributed by atoms with Crippen LogP contribution in [-0.2, 0) is 0 Å². The van der Waals surface area contributed by atoms with Crippen LogP contribution in [0.2, 0.25) is 0 Å². The molecule has 0 aliphatic rings. The second kappa shape index (κ2) is 6.19. The molecule has 2 heterocycles. The maximum atomic E-state index is 13.2. The molecule has 1 amide bonds. The van der Waals surface area contributed by atoms with Gasteiger partial charge in [0.1, 0.15) is 5.82 Å². The monoisotopic (exact) mass is 325 g/mol. The van der Waals surface area contributed by atoms with Gasteiger partial charge in [0.2, 0.25) is 0 Å². The van der Waals surface area contributed by atoms with Gasteiger partial charge in [-0.1, -0.05) is 6.07 Å². The van der Waals surface area contributed by atoms with Crippen molar-refractivity contribution in [2.45, 2.75) is 20.8 Å². The van der Waals surface area contributed by atoms with E-state index in [-0.39, 0.29) is 5.56 Å². The first-order valence-corrected chi connectivity index (χ1v) is 7.38. The fraction of sp³-hybridized carbons (Fsp3) is 0.176. The molecule has 0 atom stereocenters. The third kappa shape index (κ3) is 3.01. The first-order valence-electron chi connectivity index (χ1n) is 7.38. The minimum absolute atomic E-state index is 0.230. The van der Waals surface area contributed by atoms with Crippen LogP contribution in [0.5, 0.6) is 0 Å². The summed E-state index contributed by atoms with van der Waals surface area (Å²) in [5.41, 5.74) is 3.62. The van der Waals surface area contributed by atoms with Crippen LogP contribution < -0.4 is 5.32 Å². The number of anilines is 1. The van der Waals surface area contributed by atoms with Crippen LogP contribution in [0.25, 0.3) is 5.95 Å². The van der Waals surface area contributed by atoms with E-state index in [0.717, 1.165) is 17.0 Å². The minimum Gasteiger partial charge on any atom is -0.319 e. The minimum atomic E-state index is -0.464. The zero-order valence-electron chi connectivity index (χ0n) is 13.5. The van der Waals surface area contributed by atoms with E-state index in [4.69, 9.17) is 0 Å². The van der Waals surface area contributed by atoms with E-state index in [2.05, 4.69) is 20.4 Å². The number of amides is 1. The summed E-state index contributed by atoms with van der Waals surface area (Å²) in [4.78, 5) is 20.5. The summed E-state index contributed by atoms with van der Waals surface area (Å²) in [7, 11) is 0. The molecule has 1 aromatic carbocycles. The highest BCUT2D eigenvalue weighted by Crippen LogP contribution is 2.15. The maximum absolute atomic E-state index is 13.2. The Morgan fingerprint density at radius 1 is 1.17 bits per heavy atom. The lowest BCUT2D eigenvalue weighted by atomic mass is 10.2. The standard InChI is InChI=1S/C17H16FN5O/c1-10-11(2)22-23(12(10)3)17-19-8-15(9-20-17)21-16(24)13-5-4-6-14(18)7-13/h4-9H,1-3H3,(H,21,24). The van der Waals surface area contributed by atoms with Crippen molar-refractivity contribution in [3.05, 3.63) is 65.0 Å². The van der Waals surface area contributed by atoms with Gasteiger partial charge in [-0.25, -0.2) is 19.0 Å². The van der Waals surface area contributed by atoms with Gasteiger partial charge in [-0.05, 0) is 44.5 Å². The summed E-state index contributed by atoms with van der Waals surface area (Å²) in [6.45, 7) is 5.85. The van der Waals surface area contributed by atoms with E-state index in [1.807, 2.05) is 20.8 Å². The average Bonchev–Trinajstić information content (AvgIpc) is 2.83. The molecule has 0 aliphatic carbocycles. The van der Waals surface area contributed by atoms with Gasteiger partial charge in [-0.2, -0.15) is 5.10 Å². The van der Waals surface area contributed by atoms with E-state index < -0.39 is 11.7 Å². The van der Waals surface area contributed by atoms with Crippen molar-refractivity contribution >= 4 is 11.6 Å². The number of carbonyl (C=O) groups is 1. The Morgan fingerprint density at radius 2 is 1.88 bits per heavy atom. The molecule has 2 aromatic heterocycles. The molecular formula is C17H16FN5O. The van der Waals surface area contributed by atoms with E-state index in [1.54, 1.807) is 4.68 Å². The number of nitrogens with one attached hydrogen (secondary N) is 1. The van der Waals surface area contributed by atoms with E-state index in [0.29, 0.717) is 11.6 Å². The summed E-state index contributed by atoms with van der Waals surface area (Å²) >= 11 is 0. The van der Waals surface area contributed by atoms with Gasteiger partial charge in [0.15, 0.2) is 0 Å². The lowest BCUT2D eigenvalue weighted by Gasteiger charge is -2.06. The smallest absolute Gasteiger partial charge is 0.255 e. The van der Waals surface area contributed by atoms with Crippen molar-refractivity contribution < 1.29 is 9.18 Å². The number of hydrogen-bond acceptors (Lipinski definition) is 4. The van der Waals surface area contributed by atoms with Crippen LogP contribution in [0, 0.1) is 26.6 Å². The van der Waals surface area contributed by atoms with Crippen LogP contribution >= 0.6 is 0 Å². The van der Waals surface area contributed by atoms with Gasteiger partial charge < -0.3 is 5.32 Å². The fourth-order valence-electron chi connectivity index (χ4n) is 2.24. The van der Waals surface area contributed by atoms with Crippen molar-refractivity contribution in [1.82, 2.24) is 19.7 Å². The number of halogens is 1. The molecule has 6 nitrogen and oxygen atoms in total. The van der Waals surface area contributed by atoms with Gasteiger partial charge in [0.05, 0.1) is 23.8 Å². The SMILES string of the molecule is Cc1nn(-c2ncc(NC(=O)c3cccc(F)c3)cn2)c(C)c1C. The first kappa shape index (κ1) is 15.8. The fourth-order valence-corrected chi connectivity index (χ4v) is 2.24. The molecule has 0 fully saturated rings. The van der Waals surface area contributed by atoms with Crippen molar-refractivity contribution in [2.24, 2.45) is 0 Å². The first-order chi connectivity index (χ1) is 11.5. The van der Waals surface area contributed by atoms with Crippen LogP contribution in [-0.4, -0.2) is 25.7 Å². The number of aryl methyl sites for hydroxylation is 1. The second-order valence-corrected chi connectivity index (χ2v) is 5.44. The number of aromatic nitrogens is 4. The normalized spacial score (nSPS) is 10.7. The molecular weight excluding hydrogens is 309 g/mol. The highest BCUT2D eigenvalue weighted by molar-refractivity contribution is 6.04. The van der Waals surface area contributed by atoms with Crippen molar-refractivity contribution in [3.8, 4) is 5.95 Å². The molecule has 7 heteroatoms. The van der Waals surface area contributed by atoms with Gasteiger partial charge in [-0.3, -0.25) is 4.79 Å². The number of nitrogens with zero attached hydrogens (tertiary/aromatic N) is 4.